The maximum absolute atomic E-state index is 12.7. The normalized spacial score (nSPS) is 10.9. The summed E-state index contributed by atoms with van der Waals surface area (Å²) in [6.07, 6.45) is 1.37. The van der Waals surface area contributed by atoms with Crippen molar-refractivity contribution in [2.45, 2.75) is 39.5 Å². The van der Waals surface area contributed by atoms with Gasteiger partial charge in [-0.25, -0.2) is 0 Å². The fraction of sp³-hybridized carbons (Fsp3) is 0.409. The molecule has 0 aliphatic rings. The molecule has 0 saturated heterocycles. The highest BCUT2D eigenvalue weighted by Gasteiger charge is 2.23. The van der Waals surface area contributed by atoms with Gasteiger partial charge in [-0.1, -0.05) is 13.8 Å². The number of methoxy groups -OCH3 is 2. The number of hydrogen-bond acceptors (Lipinski definition) is 7. The van der Waals surface area contributed by atoms with Crippen molar-refractivity contribution in [3.05, 3.63) is 34.9 Å². The monoisotopic (exact) mass is 404 g/mol. The Bertz CT molecular complexity index is 862. The Morgan fingerprint density at radius 1 is 0.897 bits per heavy atom. The van der Waals surface area contributed by atoms with E-state index < -0.39 is 11.5 Å². The lowest BCUT2D eigenvalue weighted by atomic mass is 9.94. The minimum Gasteiger partial charge on any atom is -0.507 e. The van der Waals surface area contributed by atoms with Gasteiger partial charge in [-0.2, -0.15) is 0 Å². The molecule has 158 valence electrons. The van der Waals surface area contributed by atoms with Crippen molar-refractivity contribution in [2.75, 3.05) is 14.2 Å². The van der Waals surface area contributed by atoms with Gasteiger partial charge in [0.05, 0.1) is 14.2 Å². The van der Waals surface area contributed by atoms with E-state index in [1.807, 2.05) is 13.8 Å². The first kappa shape index (κ1) is 22.2. The summed E-state index contributed by atoms with van der Waals surface area (Å²) < 4.78 is 10.2. The number of hydrogen-bond donors (Lipinski definition) is 4. The zero-order chi connectivity index (χ0) is 21.7. The van der Waals surface area contributed by atoms with Gasteiger partial charge in [0.25, 0.3) is 0 Å². The van der Waals surface area contributed by atoms with E-state index in [1.165, 1.54) is 14.2 Å². The van der Waals surface area contributed by atoms with Crippen LogP contribution in [0.15, 0.2) is 18.2 Å². The second kappa shape index (κ2) is 9.41. The summed E-state index contributed by atoms with van der Waals surface area (Å²) in [6.45, 7) is 4.03. The zero-order valence-corrected chi connectivity index (χ0v) is 17.2. The van der Waals surface area contributed by atoms with Crippen molar-refractivity contribution in [1.82, 2.24) is 0 Å². The van der Waals surface area contributed by atoms with Crippen LogP contribution < -0.4 is 9.47 Å². The molecule has 2 aromatic rings. The van der Waals surface area contributed by atoms with Gasteiger partial charge in [-0.05, 0) is 42.9 Å². The number of Topliss-reactive ketones (excluding diaryl/α,β-unsaturated/α-hetero) is 1. The number of carbonyl (C=O) groups is 1. The molecule has 0 bridgehead atoms. The van der Waals surface area contributed by atoms with Gasteiger partial charge in [0, 0.05) is 18.1 Å². The molecular weight excluding hydrogens is 376 g/mol. The van der Waals surface area contributed by atoms with Crippen LogP contribution in [0, 0.1) is 5.92 Å². The molecule has 29 heavy (non-hydrogen) atoms. The van der Waals surface area contributed by atoms with E-state index in [-0.39, 0.29) is 52.7 Å². The Morgan fingerprint density at radius 2 is 1.48 bits per heavy atom. The van der Waals surface area contributed by atoms with E-state index in [9.17, 15) is 25.2 Å². The van der Waals surface area contributed by atoms with Gasteiger partial charge >= 0.3 is 0 Å². The molecule has 0 aliphatic carbocycles. The van der Waals surface area contributed by atoms with Crippen molar-refractivity contribution in [3.8, 4) is 34.5 Å². The van der Waals surface area contributed by atoms with Gasteiger partial charge in [0.15, 0.2) is 17.3 Å². The highest BCUT2D eigenvalue weighted by Crippen LogP contribution is 2.40. The molecule has 7 nitrogen and oxygen atoms in total. The average Bonchev–Trinajstić information content (AvgIpc) is 2.66. The van der Waals surface area contributed by atoms with Crippen molar-refractivity contribution >= 4 is 5.78 Å². The molecule has 2 aromatic carbocycles. The van der Waals surface area contributed by atoms with Crippen LogP contribution in [-0.2, 0) is 12.8 Å². The molecule has 2 rings (SSSR count). The van der Waals surface area contributed by atoms with Crippen LogP contribution in [0.1, 0.15) is 48.2 Å². The van der Waals surface area contributed by atoms with Crippen molar-refractivity contribution in [3.63, 3.8) is 0 Å². The quantitative estimate of drug-likeness (QED) is 0.468. The minimum atomic E-state index is -0.461. The number of phenols is 4. The maximum Gasteiger partial charge on any atom is 0.200 e. The first-order valence-corrected chi connectivity index (χ1v) is 9.43. The molecule has 4 N–H and O–H groups in total. The zero-order valence-electron chi connectivity index (χ0n) is 17.2. The number of aryl methyl sites for hydroxylation is 1. The van der Waals surface area contributed by atoms with Gasteiger partial charge in [0.1, 0.15) is 22.8 Å². The molecule has 0 spiro atoms. The Morgan fingerprint density at radius 3 is 2.00 bits per heavy atom. The van der Waals surface area contributed by atoms with Crippen LogP contribution in [0.25, 0.3) is 0 Å². The fourth-order valence-corrected chi connectivity index (χ4v) is 3.11. The Balaban J connectivity index is 2.26. The predicted molar refractivity (Wildman–Crippen MR) is 108 cm³/mol. The summed E-state index contributed by atoms with van der Waals surface area (Å²) >= 11 is 0. The first-order chi connectivity index (χ1) is 13.7. The number of aromatic hydroxyl groups is 4. The number of ether oxygens (including phenoxy) is 2. The lowest BCUT2D eigenvalue weighted by Gasteiger charge is -2.14. The van der Waals surface area contributed by atoms with E-state index in [4.69, 9.17) is 9.47 Å². The second-order valence-electron chi connectivity index (χ2n) is 7.32. The number of rotatable bonds is 9. The number of phenolic OH excluding ortho intramolecular Hbond substituents is 4. The van der Waals surface area contributed by atoms with E-state index in [0.29, 0.717) is 24.3 Å². The Labute approximate surface area is 170 Å². The summed E-state index contributed by atoms with van der Waals surface area (Å²) in [5.74, 6) is -0.874. The van der Waals surface area contributed by atoms with Crippen LogP contribution in [0.4, 0.5) is 0 Å². The van der Waals surface area contributed by atoms with Gasteiger partial charge in [-0.3, -0.25) is 4.79 Å². The number of carbonyl (C=O) groups excluding carboxylic acids is 1. The standard InChI is InChI=1S/C22H28O7/c1-12(2)5-7-14-16(24)11-17(25)20(21(14)26)15(23)8-6-13-9-18(28-3)22(27)19(10-13)29-4/h9-12,24-27H,5-8H2,1-4H3. The Kier molecular flexibility index (Phi) is 7.20. The predicted octanol–water partition coefficient (Wildman–Crippen LogP) is 3.93. The average molecular weight is 404 g/mol. The molecule has 0 saturated carbocycles. The summed E-state index contributed by atoms with van der Waals surface area (Å²) in [7, 11) is 2.82. The van der Waals surface area contributed by atoms with Crippen LogP contribution in [0.3, 0.4) is 0 Å². The summed E-state index contributed by atoms with van der Waals surface area (Å²) in [6, 6.07) is 4.28. The van der Waals surface area contributed by atoms with E-state index in [2.05, 4.69) is 0 Å². The molecule has 0 fully saturated rings. The highest BCUT2D eigenvalue weighted by molar-refractivity contribution is 6.02. The molecule has 0 radical (unpaired) electrons. The smallest absolute Gasteiger partial charge is 0.200 e. The van der Waals surface area contributed by atoms with E-state index in [1.54, 1.807) is 12.1 Å². The third-order valence-electron chi connectivity index (χ3n) is 4.79. The summed E-state index contributed by atoms with van der Waals surface area (Å²) in [5.41, 5.74) is 0.745. The van der Waals surface area contributed by atoms with E-state index >= 15 is 0 Å². The van der Waals surface area contributed by atoms with Crippen LogP contribution >= 0.6 is 0 Å². The lowest BCUT2D eigenvalue weighted by molar-refractivity contribution is 0.0977. The number of benzene rings is 2. The van der Waals surface area contributed by atoms with Crippen LogP contribution in [-0.4, -0.2) is 40.4 Å². The van der Waals surface area contributed by atoms with Crippen molar-refractivity contribution < 1.29 is 34.7 Å². The largest absolute Gasteiger partial charge is 0.507 e. The van der Waals surface area contributed by atoms with E-state index in [0.717, 1.165) is 6.07 Å². The van der Waals surface area contributed by atoms with Crippen LogP contribution in [0.5, 0.6) is 34.5 Å². The van der Waals surface area contributed by atoms with Gasteiger partial charge < -0.3 is 29.9 Å². The molecule has 0 atom stereocenters. The molecule has 7 heteroatoms. The minimum absolute atomic E-state index is 0.00734. The molecule has 0 unspecified atom stereocenters. The lowest BCUT2D eigenvalue weighted by Crippen LogP contribution is -2.05. The summed E-state index contributed by atoms with van der Waals surface area (Å²) in [5, 5.41) is 40.7. The Hall–Kier alpha value is -3.09. The molecule has 0 aliphatic heterocycles. The summed E-state index contributed by atoms with van der Waals surface area (Å²) in [4.78, 5) is 12.7. The molecule has 0 amide bonds. The molecular formula is C22H28O7. The topological polar surface area (TPSA) is 116 Å². The van der Waals surface area contributed by atoms with Gasteiger partial charge in [0.2, 0.25) is 5.75 Å². The number of ketones is 1. The first-order valence-electron chi connectivity index (χ1n) is 9.43. The third kappa shape index (κ3) is 5.04. The highest BCUT2D eigenvalue weighted by atomic mass is 16.5. The third-order valence-corrected chi connectivity index (χ3v) is 4.79. The molecule has 0 aromatic heterocycles. The van der Waals surface area contributed by atoms with Crippen molar-refractivity contribution in [2.24, 2.45) is 5.92 Å². The SMILES string of the molecule is COc1cc(CCC(=O)c2c(O)cc(O)c(CCC(C)C)c2O)cc(OC)c1O. The van der Waals surface area contributed by atoms with Crippen molar-refractivity contribution in [1.29, 1.82) is 0 Å². The maximum atomic E-state index is 12.7. The fourth-order valence-electron chi connectivity index (χ4n) is 3.11. The molecule has 0 heterocycles. The van der Waals surface area contributed by atoms with Crippen LogP contribution in [0.2, 0.25) is 0 Å². The second-order valence-corrected chi connectivity index (χ2v) is 7.32. The van der Waals surface area contributed by atoms with Gasteiger partial charge in [-0.15, -0.1) is 0 Å².